The van der Waals surface area contributed by atoms with Crippen molar-refractivity contribution in [2.45, 2.75) is 196 Å². The minimum Gasteiger partial charge on any atom is -0.412 e. The van der Waals surface area contributed by atoms with Crippen molar-refractivity contribution in [1.82, 2.24) is 0 Å². The molecule has 37 heavy (non-hydrogen) atoms. The lowest BCUT2D eigenvalue weighted by Crippen LogP contribution is -1.27. The summed E-state index contributed by atoms with van der Waals surface area (Å²) in [5.74, 6) is 0. The van der Waals surface area contributed by atoms with Gasteiger partial charge < -0.3 is 26.0 Å². The van der Waals surface area contributed by atoms with Crippen LogP contribution in [0.2, 0.25) is 0 Å². The third-order valence-electron chi connectivity index (χ3n) is 0. The molecule has 6 N–H and O–H groups in total. The first-order valence-electron chi connectivity index (χ1n) is 3.81. The predicted molar refractivity (Wildman–Crippen MR) is 205 cm³/mol. The zero-order chi connectivity index (χ0) is 12.1. The number of hydrogen-bond donors (Lipinski definition) is 0. The van der Waals surface area contributed by atoms with E-state index in [1.807, 2.05) is 13.6 Å². The standard InChI is InChI=1S/2C3H8.CO2.2CH2O.21CH4.3H2O.H2/c2*1-3-2;2-1-3;2*1-2;;;;;;;;;;;;;;;;;;;;;;;;;/h2*3H2,1-2H3;;2*1H2;21*1H4;3*1H2;1H. The molecule has 274 valence electrons. The molecule has 0 heterocycles. The van der Waals surface area contributed by atoms with Crippen molar-refractivity contribution in [3.63, 3.8) is 0 Å². The van der Waals surface area contributed by atoms with Gasteiger partial charge in [-0.3, -0.25) is 0 Å². The van der Waals surface area contributed by atoms with Gasteiger partial charge in [0, 0.05) is 1.43 Å². The van der Waals surface area contributed by atoms with Crippen LogP contribution in [0.3, 0.4) is 0 Å². The van der Waals surface area contributed by atoms with E-state index in [2.05, 4.69) is 27.7 Å². The molecule has 0 aliphatic carbocycles. The highest BCUT2D eigenvalue weighted by atomic mass is 16.2. The Morgan fingerprint density at radius 3 is 0.351 bits per heavy atom. The lowest BCUT2D eigenvalue weighted by molar-refractivity contribution is -0.191. The van der Waals surface area contributed by atoms with Gasteiger partial charge in [-0.25, -0.2) is 0 Å². The highest BCUT2D eigenvalue weighted by Crippen LogP contribution is 1.56. The third kappa shape index (κ3) is 18800. The van der Waals surface area contributed by atoms with E-state index in [9.17, 15) is 0 Å². The van der Waals surface area contributed by atoms with E-state index in [1.54, 1.807) is 0 Å². The van der Waals surface area contributed by atoms with Crippen LogP contribution in [0.25, 0.3) is 0 Å². The van der Waals surface area contributed by atoms with Crippen LogP contribution in [0.4, 0.5) is 0 Å². The fraction of sp³-hybridized carbons (Fsp3) is 0.900. The Labute approximate surface area is 253 Å². The number of hydrogen-bond acceptors (Lipinski definition) is 4. The molecule has 0 amide bonds. The summed E-state index contributed by atoms with van der Waals surface area (Å²) in [5.41, 5.74) is 0. The first-order chi connectivity index (χ1) is 6.24. The normalized spacial score (nSPS) is 1.41. The van der Waals surface area contributed by atoms with Gasteiger partial charge in [0.1, 0.15) is 13.6 Å². The smallest absolute Gasteiger partial charge is 0.373 e. The maximum absolute atomic E-state index is 8.12. The van der Waals surface area contributed by atoms with Gasteiger partial charge in [-0.15, -0.1) is 0 Å². The summed E-state index contributed by atoms with van der Waals surface area (Å²) in [6, 6.07) is 0. The van der Waals surface area contributed by atoms with E-state index >= 15 is 0 Å². The van der Waals surface area contributed by atoms with Gasteiger partial charge in [0.25, 0.3) is 0 Å². The summed E-state index contributed by atoms with van der Waals surface area (Å²) in [6.45, 7) is 12.5. The first-order valence-corrected chi connectivity index (χ1v) is 3.81. The SMILES string of the molecule is C.C.C.C.C.C.C.C.C.C.C.C.C.C.C.C.C.C.C.C.C.C=O.C=O.CCC.CCC.O.O.O.O=C=O.[HH]. The van der Waals surface area contributed by atoms with Gasteiger partial charge >= 0.3 is 6.15 Å². The molecule has 0 radical (unpaired) electrons. The molecule has 0 fully saturated rings. The molecular formula is C30H112O7. The molecule has 0 saturated carbocycles. The van der Waals surface area contributed by atoms with Crippen LogP contribution in [0.1, 0.15) is 198 Å². The maximum Gasteiger partial charge on any atom is 0.373 e. The van der Waals surface area contributed by atoms with Crippen molar-refractivity contribution in [3.05, 3.63) is 0 Å². The summed E-state index contributed by atoms with van der Waals surface area (Å²) >= 11 is 0. The Hall–Kier alpha value is -1.40. The minimum atomic E-state index is 0. The van der Waals surface area contributed by atoms with Gasteiger partial charge in [-0.1, -0.05) is 196 Å². The quantitative estimate of drug-likeness (QED) is 0.276. The van der Waals surface area contributed by atoms with Crippen molar-refractivity contribution in [2.75, 3.05) is 0 Å². The van der Waals surface area contributed by atoms with Crippen molar-refractivity contribution in [3.8, 4) is 0 Å². The third-order valence-corrected chi connectivity index (χ3v) is 0. The molecule has 0 spiro atoms. The molecule has 7 nitrogen and oxygen atoms in total. The topological polar surface area (TPSA) is 163 Å². The summed E-state index contributed by atoms with van der Waals surface area (Å²) in [6.07, 6.45) is 2.75. The molecule has 0 saturated heterocycles. The highest BCUT2D eigenvalue weighted by Gasteiger charge is 1.36. The largest absolute Gasteiger partial charge is 0.412 e. The second-order valence-corrected chi connectivity index (χ2v) is 1.50. The molecule has 0 aliphatic rings. The molecule has 0 aromatic carbocycles. The predicted octanol–water partition coefficient (Wildman–Crippen LogP) is 13.0. The van der Waals surface area contributed by atoms with Crippen LogP contribution in [-0.4, -0.2) is 36.2 Å². The van der Waals surface area contributed by atoms with E-state index < -0.39 is 0 Å². The molecule has 0 aromatic rings. The second kappa shape index (κ2) is 15300. The molecule has 7 heteroatoms. The summed E-state index contributed by atoms with van der Waals surface area (Å²) < 4.78 is 0. The molecule has 0 rings (SSSR count). The van der Waals surface area contributed by atoms with E-state index in [0.717, 1.165) is 0 Å². The Bertz CT molecular complexity index is 85.0. The van der Waals surface area contributed by atoms with Gasteiger partial charge in [0.05, 0.1) is 0 Å². The summed E-state index contributed by atoms with van der Waals surface area (Å²) in [7, 11) is 0. The van der Waals surface area contributed by atoms with E-state index in [-0.39, 0.29) is 180 Å². The second-order valence-electron chi connectivity index (χ2n) is 1.50. The van der Waals surface area contributed by atoms with Crippen molar-refractivity contribution in [2.24, 2.45) is 0 Å². The first kappa shape index (κ1) is 978. The zero-order valence-electron chi connectivity index (χ0n) is 10.5. The van der Waals surface area contributed by atoms with Crippen molar-refractivity contribution < 1.29 is 37.0 Å². The van der Waals surface area contributed by atoms with E-state index in [0.29, 0.717) is 0 Å². The van der Waals surface area contributed by atoms with Crippen LogP contribution in [0.5, 0.6) is 0 Å². The van der Waals surface area contributed by atoms with Crippen LogP contribution in [0.15, 0.2) is 0 Å². The van der Waals surface area contributed by atoms with E-state index in [4.69, 9.17) is 19.2 Å². The minimum absolute atomic E-state index is 0. The Morgan fingerprint density at radius 1 is 0.351 bits per heavy atom. The van der Waals surface area contributed by atoms with Gasteiger partial charge in [0.15, 0.2) is 0 Å². The van der Waals surface area contributed by atoms with E-state index in [1.165, 1.54) is 12.8 Å². The average Bonchev–Trinajstić information content (AvgIpc) is 2.14. The number of carbonyl (C=O) groups excluding carboxylic acids is 4. The monoisotopic (exact) mass is 585 g/mol. The van der Waals surface area contributed by atoms with Crippen molar-refractivity contribution >= 4 is 19.7 Å². The van der Waals surface area contributed by atoms with Crippen LogP contribution < -0.4 is 0 Å². The molecule has 0 aliphatic heterocycles. The van der Waals surface area contributed by atoms with Crippen LogP contribution in [0, 0.1) is 0 Å². The van der Waals surface area contributed by atoms with Gasteiger partial charge in [-0.2, -0.15) is 9.59 Å². The maximum atomic E-state index is 8.12. The molecular weight excluding hydrogens is 472 g/mol. The van der Waals surface area contributed by atoms with Crippen molar-refractivity contribution in [1.29, 1.82) is 0 Å². The Morgan fingerprint density at radius 2 is 0.351 bits per heavy atom. The highest BCUT2D eigenvalue weighted by molar-refractivity contribution is 5.20. The fourth-order valence-electron chi connectivity index (χ4n) is 0. The number of carbonyl (C=O) groups is 2. The lowest BCUT2D eigenvalue weighted by Gasteiger charge is -1.48. The van der Waals surface area contributed by atoms with Gasteiger partial charge in [0.2, 0.25) is 0 Å². The van der Waals surface area contributed by atoms with Crippen LogP contribution >= 0.6 is 0 Å². The molecule has 0 aromatic heterocycles. The fourth-order valence-corrected chi connectivity index (χ4v) is 0. The molecule has 0 atom stereocenters. The lowest BCUT2D eigenvalue weighted by atomic mass is 10.6. The molecule has 0 bridgehead atoms. The Balaban J connectivity index is -0.000000000649. The molecule has 0 unspecified atom stereocenters. The van der Waals surface area contributed by atoms with Gasteiger partial charge in [-0.05, 0) is 0 Å². The zero-order valence-corrected chi connectivity index (χ0v) is 10.5. The average molecular weight is 585 g/mol. The Kier molecular flexibility index (Phi) is 403000. The number of rotatable bonds is 0. The summed E-state index contributed by atoms with van der Waals surface area (Å²) in [4.78, 5) is 32.2. The van der Waals surface area contributed by atoms with Crippen LogP contribution in [-0.2, 0) is 19.2 Å². The summed E-state index contributed by atoms with van der Waals surface area (Å²) in [5, 5.41) is 0.